The van der Waals surface area contributed by atoms with Crippen LogP contribution < -0.4 is 10.1 Å². The molecule has 0 radical (unpaired) electrons. The zero-order valence-corrected chi connectivity index (χ0v) is 13.2. The summed E-state index contributed by atoms with van der Waals surface area (Å²) in [6.45, 7) is 6.76. The molecule has 0 saturated heterocycles. The molecule has 1 fully saturated rings. The molecule has 2 heteroatoms. The molecule has 0 bridgehead atoms. The molecule has 1 aliphatic rings. The van der Waals surface area contributed by atoms with E-state index >= 15 is 0 Å². The minimum Gasteiger partial charge on any atom is -0.497 e. The Hall–Kier alpha value is -1.02. The Bertz CT molecular complexity index is 387. The fourth-order valence-electron chi connectivity index (χ4n) is 3.59. The zero-order valence-electron chi connectivity index (χ0n) is 13.2. The predicted molar refractivity (Wildman–Crippen MR) is 85.5 cm³/mol. The van der Waals surface area contributed by atoms with Gasteiger partial charge >= 0.3 is 0 Å². The molecule has 0 spiro atoms. The van der Waals surface area contributed by atoms with Gasteiger partial charge in [-0.05, 0) is 49.4 Å². The summed E-state index contributed by atoms with van der Waals surface area (Å²) in [7, 11) is 1.73. The summed E-state index contributed by atoms with van der Waals surface area (Å²) in [6, 6.07) is 8.72. The fourth-order valence-corrected chi connectivity index (χ4v) is 3.59. The predicted octanol–water partition coefficient (Wildman–Crippen LogP) is 4.14. The van der Waals surface area contributed by atoms with E-state index in [2.05, 4.69) is 43.4 Å². The topological polar surface area (TPSA) is 21.3 Å². The molecule has 1 aliphatic carbocycles. The minimum atomic E-state index is 0.362. The maximum atomic E-state index is 5.28. The lowest BCUT2D eigenvalue weighted by Crippen LogP contribution is -2.48. The van der Waals surface area contributed by atoms with Crippen LogP contribution in [0.3, 0.4) is 0 Å². The third kappa shape index (κ3) is 3.35. The lowest BCUT2D eigenvalue weighted by atomic mass is 9.57. The van der Waals surface area contributed by atoms with Crippen molar-refractivity contribution in [3.63, 3.8) is 0 Å². The Kier molecular flexibility index (Phi) is 5.47. The second-order valence-electron chi connectivity index (χ2n) is 6.25. The number of hydrogen-bond acceptors (Lipinski definition) is 2. The first-order chi connectivity index (χ1) is 9.74. The second kappa shape index (κ2) is 7.12. The van der Waals surface area contributed by atoms with E-state index in [0.717, 1.165) is 24.8 Å². The summed E-state index contributed by atoms with van der Waals surface area (Å²) < 4.78 is 5.28. The van der Waals surface area contributed by atoms with Crippen molar-refractivity contribution in [1.82, 2.24) is 5.32 Å². The Morgan fingerprint density at radius 2 is 1.85 bits per heavy atom. The van der Waals surface area contributed by atoms with Crippen LogP contribution in [0.1, 0.15) is 51.5 Å². The van der Waals surface area contributed by atoms with Gasteiger partial charge in [0.05, 0.1) is 7.11 Å². The number of hydrogen-bond donors (Lipinski definition) is 1. The SMILES string of the molecule is CCCNCC1(c2ccc(OC)cc2)CC(CCC)C1. The summed E-state index contributed by atoms with van der Waals surface area (Å²) in [5.74, 6) is 1.88. The van der Waals surface area contributed by atoms with Crippen molar-refractivity contribution in [3.05, 3.63) is 29.8 Å². The molecule has 1 aromatic rings. The van der Waals surface area contributed by atoms with E-state index in [9.17, 15) is 0 Å². The van der Waals surface area contributed by atoms with Crippen LogP contribution in [0.5, 0.6) is 5.75 Å². The van der Waals surface area contributed by atoms with Gasteiger partial charge in [-0.2, -0.15) is 0 Å². The highest BCUT2D eigenvalue weighted by Crippen LogP contribution is 2.49. The van der Waals surface area contributed by atoms with Crippen molar-refractivity contribution in [2.45, 2.75) is 51.4 Å². The van der Waals surface area contributed by atoms with Crippen molar-refractivity contribution >= 4 is 0 Å². The number of rotatable bonds is 8. The van der Waals surface area contributed by atoms with Gasteiger partial charge in [-0.25, -0.2) is 0 Å². The van der Waals surface area contributed by atoms with Crippen LogP contribution in [-0.2, 0) is 5.41 Å². The van der Waals surface area contributed by atoms with Crippen LogP contribution in [0.15, 0.2) is 24.3 Å². The summed E-state index contributed by atoms with van der Waals surface area (Å²) >= 11 is 0. The van der Waals surface area contributed by atoms with Crippen LogP contribution in [-0.4, -0.2) is 20.2 Å². The molecule has 0 amide bonds. The highest BCUT2D eigenvalue weighted by Gasteiger charge is 2.44. The fraction of sp³-hybridized carbons (Fsp3) is 0.667. The zero-order chi connectivity index (χ0) is 14.4. The monoisotopic (exact) mass is 275 g/mol. The van der Waals surface area contributed by atoms with Crippen molar-refractivity contribution in [1.29, 1.82) is 0 Å². The van der Waals surface area contributed by atoms with E-state index in [0.29, 0.717) is 5.41 Å². The van der Waals surface area contributed by atoms with Gasteiger partial charge in [-0.3, -0.25) is 0 Å². The summed E-state index contributed by atoms with van der Waals surface area (Å²) in [6.07, 6.45) is 6.57. The molecular formula is C18H29NO. The summed E-state index contributed by atoms with van der Waals surface area (Å²) in [5.41, 5.74) is 1.84. The molecular weight excluding hydrogens is 246 g/mol. The van der Waals surface area contributed by atoms with Crippen molar-refractivity contribution in [2.24, 2.45) is 5.92 Å². The normalized spacial score (nSPS) is 25.2. The molecule has 112 valence electrons. The van der Waals surface area contributed by atoms with E-state index in [1.807, 2.05) is 0 Å². The van der Waals surface area contributed by atoms with Crippen LogP contribution in [0, 0.1) is 5.92 Å². The van der Waals surface area contributed by atoms with Crippen LogP contribution >= 0.6 is 0 Å². The van der Waals surface area contributed by atoms with Gasteiger partial charge in [-0.15, -0.1) is 0 Å². The molecule has 0 heterocycles. The Morgan fingerprint density at radius 1 is 1.15 bits per heavy atom. The Morgan fingerprint density at radius 3 is 2.40 bits per heavy atom. The molecule has 0 unspecified atom stereocenters. The molecule has 1 aromatic carbocycles. The number of nitrogens with one attached hydrogen (secondary N) is 1. The second-order valence-corrected chi connectivity index (χ2v) is 6.25. The highest BCUT2D eigenvalue weighted by atomic mass is 16.5. The standard InChI is InChI=1S/C18H29NO/c1-4-6-15-12-18(13-15,14-19-11-5-2)16-7-9-17(20-3)10-8-16/h7-10,15,19H,4-6,11-14H2,1-3H3. The third-order valence-electron chi connectivity index (χ3n) is 4.65. The number of methoxy groups -OCH3 is 1. The van der Waals surface area contributed by atoms with Crippen LogP contribution in [0.25, 0.3) is 0 Å². The average molecular weight is 275 g/mol. The Labute approximate surface area is 123 Å². The molecule has 20 heavy (non-hydrogen) atoms. The largest absolute Gasteiger partial charge is 0.497 e. The van der Waals surface area contributed by atoms with E-state index in [4.69, 9.17) is 4.74 Å². The maximum Gasteiger partial charge on any atom is 0.118 e. The van der Waals surface area contributed by atoms with Gasteiger partial charge in [0.1, 0.15) is 5.75 Å². The van der Waals surface area contributed by atoms with Crippen molar-refractivity contribution in [2.75, 3.05) is 20.2 Å². The maximum absolute atomic E-state index is 5.28. The third-order valence-corrected chi connectivity index (χ3v) is 4.65. The van der Waals surface area contributed by atoms with Gasteiger partial charge in [0, 0.05) is 12.0 Å². The van der Waals surface area contributed by atoms with Crippen LogP contribution in [0.2, 0.25) is 0 Å². The first-order valence-electron chi connectivity index (χ1n) is 8.09. The van der Waals surface area contributed by atoms with E-state index in [1.54, 1.807) is 7.11 Å². The Balaban J connectivity index is 2.06. The number of ether oxygens (including phenoxy) is 1. The molecule has 0 aromatic heterocycles. The molecule has 0 aliphatic heterocycles. The molecule has 2 nitrogen and oxygen atoms in total. The average Bonchev–Trinajstić information content (AvgIpc) is 2.45. The van der Waals surface area contributed by atoms with Gasteiger partial charge in [0.15, 0.2) is 0 Å². The minimum absolute atomic E-state index is 0.362. The van der Waals surface area contributed by atoms with Gasteiger partial charge < -0.3 is 10.1 Å². The van der Waals surface area contributed by atoms with Crippen LogP contribution in [0.4, 0.5) is 0 Å². The van der Waals surface area contributed by atoms with E-state index in [1.165, 1.54) is 37.7 Å². The van der Waals surface area contributed by atoms with Crippen molar-refractivity contribution < 1.29 is 4.74 Å². The quantitative estimate of drug-likeness (QED) is 0.720. The smallest absolute Gasteiger partial charge is 0.118 e. The highest BCUT2D eigenvalue weighted by molar-refractivity contribution is 5.35. The summed E-state index contributed by atoms with van der Waals surface area (Å²) in [5, 5.41) is 3.64. The molecule has 1 N–H and O–H groups in total. The molecule has 2 rings (SSSR count). The van der Waals surface area contributed by atoms with E-state index in [-0.39, 0.29) is 0 Å². The molecule has 1 saturated carbocycles. The lowest BCUT2D eigenvalue weighted by Gasteiger charge is -2.49. The first kappa shape index (κ1) is 15.4. The van der Waals surface area contributed by atoms with Gasteiger partial charge in [0.25, 0.3) is 0 Å². The number of benzene rings is 1. The van der Waals surface area contributed by atoms with E-state index < -0.39 is 0 Å². The molecule has 0 atom stereocenters. The van der Waals surface area contributed by atoms with Gasteiger partial charge in [0.2, 0.25) is 0 Å². The first-order valence-corrected chi connectivity index (χ1v) is 8.09. The lowest BCUT2D eigenvalue weighted by molar-refractivity contribution is 0.129. The van der Waals surface area contributed by atoms with Crippen molar-refractivity contribution in [3.8, 4) is 5.75 Å². The summed E-state index contributed by atoms with van der Waals surface area (Å²) in [4.78, 5) is 0. The van der Waals surface area contributed by atoms with Gasteiger partial charge in [-0.1, -0.05) is 38.8 Å².